The molecular weight excluding hydrogens is 228 g/mol. The SMILES string of the molecule is O=S(=O)(N1CCCCCC1)N1CC[C@H](O)C1. The van der Waals surface area contributed by atoms with Gasteiger partial charge < -0.3 is 5.11 Å². The molecule has 0 bridgehead atoms. The molecule has 16 heavy (non-hydrogen) atoms. The van der Waals surface area contributed by atoms with Gasteiger partial charge in [0, 0.05) is 26.2 Å². The molecule has 2 fully saturated rings. The number of rotatable bonds is 2. The van der Waals surface area contributed by atoms with Gasteiger partial charge in [0.05, 0.1) is 6.10 Å². The van der Waals surface area contributed by atoms with Crippen LogP contribution in [0.5, 0.6) is 0 Å². The molecule has 0 spiro atoms. The first-order valence-electron chi connectivity index (χ1n) is 6.04. The van der Waals surface area contributed by atoms with Crippen LogP contribution < -0.4 is 0 Å². The number of hydrogen-bond donors (Lipinski definition) is 1. The quantitative estimate of drug-likeness (QED) is 0.758. The molecule has 0 saturated carbocycles. The van der Waals surface area contributed by atoms with E-state index in [1.807, 2.05) is 0 Å². The van der Waals surface area contributed by atoms with Gasteiger partial charge in [-0.3, -0.25) is 0 Å². The fourth-order valence-corrected chi connectivity index (χ4v) is 4.10. The van der Waals surface area contributed by atoms with Crippen LogP contribution in [0, 0.1) is 0 Å². The maximum atomic E-state index is 12.2. The minimum absolute atomic E-state index is 0.263. The summed E-state index contributed by atoms with van der Waals surface area (Å²) in [6.45, 7) is 1.99. The van der Waals surface area contributed by atoms with Crippen molar-refractivity contribution >= 4 is 10.2 Å². The third-order valence-electron chi connectivity index (χ3n) is 3.34. The molecule has 5 nitrogen and oxygen atoms in total. The molecule has 6 heteroatoms. The summed E-state index contributed by atoms with van der Waals surface area (Å²) in [5, 5.41) is 9.39. The van der Waals surface area contributed by atoms with Crippen LogP contribution in [0.2, 0.25) is 0 Å². The molecule has 0 aromatic carbocycles. The highest BCUT2D eigenvalue weighted by Crippen LogP contribution is 2.20. The van der Waals surface area contributed by atoms with E-state index in [9.17, 15) is 13.5 Å². The van der Waals surface area contributed by atoms with Crippen molar-refractivity contribution in [3.05, 3.63) is 0 Å². The lowest BCUT2D eigenvalue weighted by atomic mass is 10.2. The van der Waals surface area contributed by atoms with Crippen LogP contribution in [0.1, 0.15) is 32.1 Å². The van der Waals surface area contributed by atoms with Crippen molar-refractivity contribution in [1.82, 2.24) is 8.61 Å². The number of nitrogens with zero attached hydrogens (tertiary/aromatic N) is 2. The van der Waals surface area contributed by atoms with Crippen molar-refractivity contribution in [1.29, 1.82) is 0 Å². The lowest BCUT2D eigenvalue weighted by Gasteiger charge is -2.25. The minimum Gasteiger partial charge on any atom is -0.392 e. The molecule has 0 amide bonds. The molecule has 2 rings (SSSR count). The molecule has 2 aliphatic heterocycles. The lowest BCUT2D eigenvalue weighted by molar-refractivity contribution is 0.188. The van der Waals surface area contributed by atoms with Crippen molar-refractivity contribution in [3.63, 3.8) is 0 Å². The Hall–Kier alpha value is -0.170. The summed E-state index contributed by atoms with van der Waals surface area (Å²) in [7, 11) is -3.31. The summed E-state index contributed by atoms with van der Waals surface area (Å²) in [4.78, 5) is 0. The largest absolute Gasteiger partial charge is 0.392 e. The molecule has 1 N–H and O–H groups in total. The fraction of sp³-hybridized carbons (Fsp3) is 1.00. The first-order valence-corrected chi connectivity index (χ1v) is 7.44. The summed E-state index contributed by atoms with van der Waals surface area (Å²) >= 11 is 0. The van der Waals surface area contributed by atoms with E-state index in [1.54, 1.807) is 4.31 Å². The Morgan fingerprint density at radius 2 is 1.56 bits per heavy atom. The highest BCUT2D eigenvalue weighted by Gasteiger charge is 2.34. The second kappa shape index (κ2) is 5.00. The van der Waals surface area contributed by atoms with Crippen molar-refractivity contribution in [2.24, 2.45) is 0 Å². The van der Waals surface area contributed by atoms with Crippen molar-refractivity contribution in [2.75, 3.05) is 26.2 Å². The van der Waals surface area contributed by atoms with Crippen LogP contribution in [0.4, 0.5) is 0 Å². The predicted molar refractivity (Wildman–Crippen MR) is 61.2 cm³/mol. The number of aliphatic hydroxyl groups is 1. The first kappa shape index (κ1) is 12.3. The summed E-state index contributed by atoms with van der Waals surface area (Å²) in [6, 6.07) is 0. The molecule has 0 radical (unpaired) electrons. The fourth-order valence-electron chi connectivity index (χ4n) is 2.36. The van der Waals surface area contributed by atoms with Gasteiger partial charge in [-0.25, -0.2) is 0 Å². The highest BCUT2D eigenvalue weighted by molar-refractivity contribution is 7.86. The van der Waals surface area contributed by atoms with E-state index in [0.717, 1.165) is 25.7 Å². The van der Waals surface area contributed by atoms with Gasteiger partial charge in [0.15, 0.2) is 0 Å². The smallest absolute Gasteiger partial charge is 0.282 e. The third kappa shape index (κ3) is 2.56. The second-order valence-corrected chi connectivity index (χ2v) is 6.55. The Labute approximate surface area is 97.2 Å². The summed E-state index contributed by atoms with van der Waals surface area (Å²) in [6.07, 6.45) is 4.23. The molecule has 0 aromatic rings. The summed E-state index contributed by atoms with van der Waals surface area (Å²) in [5.41, 5.74) is 0. The van der Waals surface area contributed by atoms with Gasteiger partial charge in [-0.1, -0.05) is 12.8 Å². The van der Waals surface area contributed by atoms with Gasteiger partial charge in [-0.2, -0.15) is 17.0 Å². The van der Waals surface area contributed by atoms with Crippen molar-refractivity contribution < 1.29 is 13.5 Å². The van der Waals surface area contributed by atoms with E-state index < -0.39 is 16.3 Å². The molecule has 2 saturated heterocycles. The van der Waals surface area contributed by atoms with E-state index in [-0.39, 0.29) is 6.54 Å². The maximum Gasteiger partial charge on any atom is 0.282 e. The number of β-amino-alcohol motifs (C(OH)–C–C–N with tert-alkyl or cyclic N) is 1. The van der Waals surface area contributed by atoms with E-state index in [1.165, 1.54) is 4.31 Å². The van der Waals surface area contributed by atoms with Crippen molar-refractivity contribution in [3.8, 4) is 0 Å². The Morgan fingerprint density at radius 1 is 0.938 bits per heavy atom. The average Bonchev–Trinajstić information content (AvgIpc) is 2.54. The monoisotopic (exact) mass is 248 g/mol. The van der Waals surface area contributed by atoms with Crippen LogP contribution in [-0.2, 0) is 10.2 Å². The zero-order valence-corrected chi connectivity index (χ0v) is 10.3. The van der Waals surface area contributed by atoms with Crippen LogP contribution in [0.15, 0.2) is 0 Å². The van der Waals surface area contributed by atoms with Gasteiger partial charge in [0.1, 0.15) is 0 Å². The van der Waals surface area contributed by atoms with E-state index in [0.29, 0.717) is 26.1 Å². The zero-order valence-electron chi connectivity index (χ0n) is 9.51. The maximum absolute atomic E-state index is 12.2. The van der Waals surface area contributed by atoms with E-state index in [4.69, 9.17) is 0 Å². The normalized spacial score (nSPS) is 30.4. The van der Waals surface area contributed by atoms with Crippen LogP contribution in [0.25, 0.3) is 0 Å². The minimum atomic E-state index is -3.31. The van der Waals surface area contributed by atoms with Gasteiger partial charge in [-0.15, -0.1) is 0 Å². The average molecular weight is 248 g/mol. The number of aliphatic hydroxyl groups excluding tert-OH is 1. The molecule has 94 valence electrons. The Balaban J connectivity index is 2.05. The van der Waals surface area contributed by atoms with Crippen LogP contribution in [0.3, 0.4) is 0 Å². The van der Waals surface area contributed by atoms with E-state index >= 15 is 0 Å². The highest BCUT2D eigenvalue weighted by atomic mass is 32.2. The lowest BCUT2D eigenvalue weighted by Crippen LogP contribution is -2.43. The van der Waals surface area contributed by atoms with Gasteiger partial charge >= 0.3 is 0 Å². The topological polar surface area (TPSA) is 60.9 Å². The molecule has 1 atom stereocenters. The van der Waals surface area contributed by atoms with Gasteiger partial charge in [-0.05, 0) is 19.3 Å². The second-order valence-electron chi connectivity index (χ2n) is 4.62. The molecule has 0 aromatic heterocycles. The Bertz CT molecular complexity index is 323. The van der Waals surface area contributed by atoms with E-state index in [2.05, 4.69) is 0 Å². The van der Waals surface area contributed by atoms with Gasteiger partial charge in [0.25, 0.3) is 10.2 Å². The summed E-state index contributed by atoms with van der Waals surface area (Å²) in [5.74, 6) is 0. The zero-order chi connectivity index (χ0) is 11.6. The Morgan fingerprint density at radius 3 is 2.06 bits per heavy atom. The molecule has 0 aliphatic carbocycles. The first-order chi connectivity index (χ1) is 7.60. The van der Waals surface area contributed by atoms with Gasteiger partial charge in [0.2, 0.25) is 0 Å². The van der Waals surface area contributed by atoms with Crippen molar-refractivity contribution in [2.45, 2.75) is 38.2 Å². The van der Waals surface area contributed by atoms with Crippen LogP contribution in [-0.4, -0.2) is 54.4 Å². The molecule has 2 aliphatic rings. The molecule has 0 unspecified atom stereocenters. The standard InChI is InChI=1S/C10H20N2O3S/c13-10-5-8-12(9-10)16(14,15)11-6-3-1-2-4-7-11/h10,13H,1-9H2/t10-/m0/s1. The van der Waals surface area contributed by atoms with Crippen LogP contribution >= 0.6 is 0 Å². The third-order valence-corrected chi connectivity index (χ3v) is 5.35. The molecular formula is C10H20N2O3S. The Kier molecular flexibility index (Phi) is 3.84. The predicted octanol–water partition coefficient (Wildman–Crippen LogP) is 0.174. The molecule has 2 heterocycles. The summed E-state index contributed by atoms with van der Waals surface area (Å²) < 4.78 is 27.5. The number of hydrogen-bond acceptors (Lipinski definition) is 3.